The van der Waals surface area contributed by atoms with Crippen LogP contribution in [0.25, 0.3) is 0 Å². The van der Waals surface area contributed by atoms with Crippen LogP contribution in [-0.4, -0.2) is 42.5 Å². The summed E-state index contributed by atoms with van der Waals surface area (Å²) in [6, 6.07) is 0. The van der Waals surface area contributed by atoms with Gasteiger partial charge in [0.1, 0.15) is 0 Å². The third-order valence-corrected chi connectivity index (χ3v) is 0.800. The van der Waals surface area contributed by atoms with Gasteiger partial charge in [-0.25, -0.2) is 0 Å². The van der Waals surface area contributed by atoms with E-state index in [0.29, 0.717) is 13.1 Å². The lowest BCUT2D eigenvalue weighted by molar-refractivity contribution is 0.299. The zero-order chi connectivity index (χ0) is 7.82. The number of nitrogens with one attached hydrogen (secondary N) is 1. The molecule has 0 aromatic carbocycles. The molecule has 0 aliphatic rings. The van der Waals surface area contributed by atoms with Gasteiger partial charge in [0.25, 0.3) is 0 Å². The van der Waals surface area contributed by atoms with Gasteiger partial charge in [0.2, 0.25) is 0 Å². The van der Waals surface area contributed by atoms with Crippen LogP contribution >= 0.6 is 0 Å². The van der Waals surface area contributed by atoms with E-state index in [1.807, 2.05) is 0 Å². The van der Waals surface area contributed by atoms with Crippen LogP contribution in [0.1, 0.15) is 0 Å². The third kappa shape index (κ3) is 5.33. The molecule has 0 radical (unpaired) electrons. The molecule has 0 unspecified atom stereocenters. The highest BCUT2D eigenvalue weighted by Crippen LogP contribution is 1.66. The summed E-state index contributed by atoms with van der Waals surface area (Å²) in [5.74, 6) is 0.253. The molecule has 0 atom stereocenters. The summed E-state index contributed by atoms with van der Waals surface area (Å²) in [7, 11) is 0. The van der Waals surface area contributed by atoms with Gasteiger partial charge in [-0.1, -0.05) is 0 Å². The first-order valence-electron chi connectivity index (χ1n) is 3.06. The largest absolute Gasteiger partial charge is 0.395 e. The van der Waals surface area contributed by atoms with E-state index in [-0.39, 0.29) is 19.2 Å². The van der Waals surface area contributed by atoms with Gasteiger partial charge in [0.05, 0.1) is 19.8 Å². The summed E-state index contributed by atoms with van der Waals surface area (Å²) in [5, 5.41) is 19.3. The first-order chi connectivity index (χ1) is 4.81. The van der Waals surface area contributed by atoms with Crippen LogP contribution in [0.2, 0.25) is 0 Å². The molecular weight excluding hydrogens is 134 g/mol. The molecule has 0 aliphatic heterocycles. The lowest BCUT2D eigenvalue weighted by atomic mass is 10.6. The van der Waals surface area contributed by atoms with Gasteiger partial charge >= 0.3 is 0 Å². The Morgan fingerprint density at radius 2 is 2.10 bits per heavy atom. The van der Waals surface area contributed by atoms with Crippen molar-refractivity contribution in [2.24, 2.45) is 10.7 Å². The first kappa shape index (κ1) is 9.19. The fraction of sp³-hybridized carbons (Fsp3) is 0.800. The number of nitrogens with two attached hydrogens (primary N) is 1. The maximum Gasteiger partial charge on any atom is 0.188 e. The molecule has 0 bridgehead atoms. The fourth-order valence-electron chi connectivity index (χ4n) is 0.410. The van der Waals surface area contributed by atoms with Crippen molar-refractivity contribution < 1.29 is 10.2 Å². The van der Waals surface area contributed by atoms with Crippen molar-refractivity contribution in [3.05, 3.63) is 0 Å². The summed E-state index contributed by atoms with van der Waals surface area (Å²) in [6.07, 6.45) is 0. The van der Waals surface area contributed by atoms with Crippen molar-refractivity contribution in [1.29, 1.82) is 0 Å². The van der Waals surface area contributed by atoms with Gasteiger partial charge in [-0.15, -0.1) is 0 Å². The van der Waals surface area contributed by atoms with Crippen molar-refractivity contribution in [1.82, 2.24) is 5.32 Å². The normalized spacial score (nSPS) is 11.6. The molecule has 0 amide bonds. The van der Waals surface area contributed by atoms with Gasteiger partial charge in [0, 0.05) is 6.54 Å². The second kappa shape index (κ2) is 6.31. The van der Waals surface area contributed by atoms with E-state index < -0.39 is 0 Å². The minimum absolute atomic E-state index is 0.0124. The van der Waals surface area contributed by atoms with Crippen molar-refractivity contribution in [2.75, 3.05) is 26.3 Å². The highest BCUT2D eigenvalue weighted by molar-refractivity contribution is 5.77. The lowest BCUT2D eigenvalue weighted by Gasteiger charge is -2.00. The molecule has 60 valence electrons. The molecule has 0 aromatic rings. The molecule has 0 aromatic heterocycles. The SMILES string of the molecule is NC(=NCCO)NCCO. The summed E-state index contributed by atoms with van der Waals surface area (Å²) in [6.45, 7) is 0.696. The monoisotopic (exact) mass is 147 g/mol. The van der Waals surface area contributed by atoms with Gasteiger partial charge in [-0.3, -0.25) is 4.99 Å². The minimum Gasteiger partial charge on any atom is -0.395 e. The molecule has 0 aliphatic carbocycles. The summed E-state index contributed by atoms with van der Waals surface area (Å²) in [5.41, 5.74) is 5.26. The molecule has 5 nitrogen and oxygen atoms in total. The summed E-state index contributed by atoms with van der Waals surface area (Å²) >= 11 is 0. The van der Waals surface area contributed by atoms with Crippen LogP contribution in [-0.2, 0) is 0 Å². The Bertz CT molecular complexity index is 105. The Morgan fingerprint density at radius 1 is 1.40 bits per heavy atom. The predicted molar refractivity (Wildman–Crippen MR) is 38.7 cm³/mol. The van der Waals surface area contributed by atoms with Crippen LogP contribution < -0.4 is 11.1 Å². The zero-order valence-electron chi connectivity index (χ0n) is 5.75. The number of hydrogen-bond donors (Lipinski definition) is 4. The van der Waals surface area contributed by atoms with Gasteiger partial charge in [-0.2, -0.15) is 0 Å². The van der Waals surface area contributed by atoms with Crippen LogP contribution in [0.4, 0.5) is 0 Å². The van der Waals surface area contributed by atoms with Crippen LogP contribution in [0, 0.1) is 0 Å². The van der Waals surface area contributed by atoms with Gasteiger partial charge in [-0.05, 0) is 0 Å². The second-order valence-electron chi connectivity index (χ2n) is 1.64. The average Bonchev–Trinajstić information content (AvgIpc) is 1.97. The highest BCUT2D eigenvalue weighted by atomic mass is 16.3. The Balaban J connectivity index is 3.30. The number of nitrogens with zero attached hydrogens (tertiary/aromatic N) is 1. The highest BCUT2D eigenvalue weighted by Gasteiger charge is 1.86. The number of rotatable bonds is 4. The first-order valence-corrected chi connectivity index (χ1v) is 3.06. The number of hydrogen-bond acceptors (Lipinski definition) is 3. The van der Waals surface area contributed by atoms with E-state index in [9.17, 15) is 0 Å². The van der Waals surface area contributed by atoms with E-state index in [2.05, 4.69) is 10.3 Å². The van der Waals surface area contributed by atoms with E-state index in [1.54, 1.807) is 0 Å². The van der Waals surface area contributed by atoms with E-state index in [4.69, 9.17) is 15.9 Å². The molecule has 0 saturated heterocycles. The van der Waals surface area contributed by atoms with Gasteiger partial charge in [0.15, 0.2) is 5.96 Å². The predicted octanol–water partition coefficient (Wildman–Crippen LogP) is -2.12. The molecular formula is C5H13N3O2. The number of aliphatic hydroxyl groups excluding tert-OH is 2. The maximum atomic E-state index is 8.32. The van der Waals surface area contributed by atoms with Crippen LogP contribution in [0.15, 0.2) is 4.99 Å². The van der Waals surface area contributed by atoms with E-state index >= 15 is 0 Å². The molecule has 0 heterocycles. The van der Waals surface area contributed by atoms with Crippen LogP contribution in [0.5, 0.6) is 0 Å². The van der Waals surface area contributed by atoms with E-state index in [1.165, 1.54) is 0 Å². The summed E-state index contributed by atoms with van der Waals surface area (Å²) in [4.78, 5) is 3.70. The summed E-state index contributed by atoms with van der Waals surface area (Å²) < 4.78 is 0. The number of guanidine groups is 1. The molecule has 0 saturated carbocycles. The molecule has 0 spiro atoms. The second-order valence-corrected chi connectivity index (χ2v) is 1.64. The van der Waals surface area contributed by atoms with E-state index in [0.717, 1.165) is 0 Å². The van der Waals surface area contributed by atoms with Crippen molar-refractivity contribution in [2.45, 2.75) is 0 Å². The Morgan fingerprint density at radius 3 is 2.60 bits per heavy atom. The van der Waals surface area contributed by atoms with Crippen molar-refractivity contribution >= 4 is 5.96 Å². The third-order valence-electron chi connectivity index (χ3n) is 0.800. The molecule has 5 N–H and O–H groups in total. The van der Waals surface area contributed by atoms with Gasteiger partial charge < -0.3 is 21.3 Å². The topological polar surface area (TPSA) is 90.9 Å². The smallest absolute Gasteiger partial charge is 0.188 e. The van der Waals surface area contributed by atoms with Crippen molar-refractivity contribution in [3.63, 3.8) is 0 Å². The quantitative estimate of drug-likeness (QED) is 0.270. The zero-order valence-corrected chi connectivity index (χ0v) is 5.75. The minimum atomic E-state index is -0.0124. The molecule has 5 heteroatoms. The van der Waals surface area contributed by atoms with Crippen molar-refractivity contribution in [3.8, 4) is 0 Å². The standard InChI is InChI=1S/C5H13N3O2/c6-5(7-1-3-9)8-2-4-10/h9-10H,1-4H2,(H3,6,7,8). The maximum absolute atomic E-state index is 8.32. The Labute approximate surface area is 59.6 Å². The Kier molecular flexibility index (Phi) is 5.80. The molecule has 0 fully saturated rings. The Hall–Kier alpha value is -0.810. The average molecular weight is 147 g/mol. The molecule has 0 rings (SSSR count). The lowest BCUT2D eigenvalue weighted by Crippen LogP contribution is -2.34. The van der Waals surface area contributed by atoms with Crippen LogP contribution in [0.3, 0.4) is 0 Å². The fourth-order valence-corrected chi connectivity index (χ4v) is 0.410. The number of aliphatic hydroxyl groups is 2. The molecule has 10 heavy (non-hydrogen) atoms. The number of aliphatic imine (C=N–C) groups is 1.